The van der Waals surface area contributed by atoms with Gasteiger partial charge in [0.15, 0.2) is 0 Å². The van der Waals surface area contributed by atoms with Gasteiger partial charge in [-0.05, 0) is 5.41 Å². The Labute approximate surface area is 67.9 Å². The molecule has 1 N–H and O–H groups in total. The normalized spacial score (nSPS) is 33.1. The first-order valence-electron chi connectivity index (χ1n) is 3.93. The van der Waals surface area contributed by atoms with Crippen LogP contribution in [0, 0.1) is 5.41 Å². The molecule has 2 nitrogen and oxygen atoms in total. The molecule has 11 heavy (non-hydrogen) atoms. The van der Waals surface area contributed by atoms with Gasteiger partial charge in [-0.2, -0.15) is 0 Å². The largest absolute Gasteiger partial charge is 0.386 e. The van der Waals surface area contributed by atoms with Crippen molar-refractivity contribution in [2.45, 2.75) is 39.1 Å². The second-order valence-corrected chi connectivity index (χ2v) is 4.11. The van der Waals surface area contributed by atoms with Gasteiger partial charge >= 0.3 is 0 Å². The van der Waals surface area contributed by atoms with Crippen LogP contribution in [0.1, 0.15) is 20.8 Å². The van der Waals surface area contributed by atoms with Crippen molar-refractivity contribution in [1.82, 2.24) is 0 Å². The summed E-state index contributed by atoms with van der Waals surface area (Å²) in [6.07, 6.45) is 1.19. The zero-order chi connectivity index (χ0) is 8.65. The average Bonchev–Trinajstić information content (AvgIpc) is 2.62. The van der Waals surface area contributed by atoms with Crippen LogP contribution in [0.3, 0.4) is 0 Å². The van der Waals surface area contributed by atoms with Crippen molar-refractivity contribution in [3.8, 4) is 0 Å². The Morgan fingerprint density at radius 1 is 1.55 bits per heavy atom. The summed E-state index contributed by atoms with van der Waals surface area (Å²) in [4.78, 5) is 0. The zero-order valence-electron chi connectivity index (χ0n) is 7.37. The Bertz CT molecular complexity index is 157. The van der Waals surface area contributed by atoms with Crippen molar-refractivity contribution >= 4 is 0 Å². The van der Waals surface area contributed by atoms with Crippen LogP contribution in [-0.4, -0.2) is 23.4 Å². The molecule has 0 bridgehead atoms. The Morgan fingerprint density at radius 2 is 2.09 bits per heavy atom. The molecule has 0 spiro atoms. The van der Waals surface area contributed by atoms with Gasteiger partial charge in [0.05, 0.1) is 6.10 Å². The van der Waals surface area contributed by atoms with E-state index in [1.54, 1.807) is 0 Å². The molecule has 0 aromatic carbocycles. The van der Waals surface area contributed by atoms with Crippen molar-refractivity contribution in [2.75, 3.05) is 0 Å². The lowest BCUT2D eigenvalue weighted by molar-refractivity contribution is 0.176. The lowest BCUT2D eigenvalue weighted by atomic mass is 9.89. The maximum atomic E-state index is 9.29. The quantitative estimate of drug-likeness (QED) is 0.483. The van der Waals surface area contributed by atoms with Gasteiger partial charge in [0.1, 0.15) is 12.2 Å². The van der Waals surface area contributed by atoms with Crippen LogP contribution in [0.4, 0.5) is 0 Å². The highest BCUT2D eigenvalue weighted by atomic mass is 16.6. The second kappa shape index (κ2) is 2.61. The summed E-state index contributed by atoms with van der Waals surface area (Å²) < 4.78 is 5.31. The Balaban J connectivity index is 2.43. The van der Waals surface area contributed by atoms with Gasteiger partial charge in [-0.1, -0.05) is 26.8 Å². The number of ether oxygens (including phenoxy) is 1. The second-order valence-electron chi connectivity index (χ2n) is 4.11. The lowest BCUT2D eigenvalue weighted by Gasteiger charge is -2.14. The fraction of sp³-hybridized carbons (Fsp3) is 0.778. The SMILES string of the molecule is C=C[C@H](O)[C@H]1O[C@@H]1C(C)(C)C. The van der Waals surface area contributed by atoms with Gasteiger partial charge in [-0.25, -0.2) is 0 Å². The highest BCUT2D eigenvalue weighted by Crippen LogP contribution is 2.39. The van der Waals surface area contributed by atoms with Crippen molar-refractivity contribution in [3.05, 3.63) is 12.7 Å². The maximum absolute atomic E-state index is 9.29. The van der Waals surface area contributed by atoms with Gasteiger partial charge in [0.25, 0.3) is 0 Å². The Morgan fingerprint density at radius 3 is 2.36 bits per heavy atom. The molecule has 0 radical (unpaired) electrons. The van der Waals surface area contributed by atoms with Crippen molar-refractivity contribution < 1.29 is 9.84 Å². The van der Waals surface area contributed by atoms with Crippen molar-refractivity contribution in [1.29, 1.82) is 0 Å². The lowest BCUT2D eigenvalue weighted by Crippen LogP contribution is -2.22. The summed E-state index contributed by atoms with van der Waals surface area (Å²) in [6, 6.07) is 0. The van der Waals surface area contributed by atoms with Crippen LogP contribution in [0.25, 0.3) is 0 Å². The fourth-order valence-corrected chi connectivity index (χ4v) is 1.21. The summed E-state index contributed by atoms with van der Waals surface area (Å²) in [5, 5.41) is 9.29. The predicted molar refractivity (Wildman–Crippen MR) is 44.3 cm³/mol. The number of epoxide rings is 1. The average molecular weight is 156 g/mol. The van der Waals surface area contributed by atoms with Crippen LogP contribution >= 0.6 is 0 Å². The molecule has 0 saturated carbocycles. The van der Waals surface area contributed by atoms with E-state index in [1.165, 1.54) is 6.08 Å². The minimum Gasteiger partial charge on any atom is -0.386 e. The molecule has 1 aliphatic rings. The summed E-state index contributed by atoms with van der Waals surface area (Å²) in [5.41, 5.74) is 0.134. The molecule has 1 heterocycles. The molecule has 1 fully saturated rings. The van der Waals surface area contributed by atoms with E-state index in [0.717, 1.165) is 0 Å². The molecule has 64 valence electrons. The standard InChI is InChI=1S/C9H16O2/c1-5-6(10)7-8(11-7)9(2,3)4/h5-8,10H,1H2,2-4H3/t6-,7+,8-/m0/s1. The summed E-state index contributed by atoms with van der Waals surface area (Å²) in [7, 11) is 0. The molecular formula is C9H16O2. The van der Waals surface area contributed by atoms with Crippen LogP contribution < -0.4 is 0 Å². The van der Waals surface area contributed by atoms with Crippen LogP contribution in [-0.2, 0) is 4.74 Å². The van der Waals surface area contributed by atoms with Gasteiger partial charge in [-0.3, -0.25) is 0 Å². The van der Waals surface area contributed by atoms with Gasteiger partial charge in [0.2, 0.25) is 0 Å². The van der Waals surface area contributed by atoms with E-state index >= 15 is 0 Å². The van der Waals surface area contributed by atoms with Gasteiger partial charge in [-0.15, -0.1) is 6.58 Å². The first-order valence-corrected chi connectivity index (χ1v) is 3.93. The predicted octanol–water partition coefficient (Wildman–Crippen LogP) is 1.35. The molecule has 2 heteroatoms. The maximum Gasteiger partial charge on any atom is 0.114 e. The number of hydrogen-bond donors (Lipinski definition) is 1. The van der Waals surface area contributed by atoms with E-state index in [4.69, 9.17) is 4.74 Å². The van der Waals surface area contributed by atoms with E-state index in [1.807, 2.05) is 0 Å². The van der Waals surface area contributed by atoms with E-state index in [9.17, 15) is 5.11 Å². The zero-order valence-corrected chi connectivity index (χ0v) is 7.37. The van der Waals surface area contributed by atoms with E-state index in [-0.39, 0.29) is 17.6 Å². The highest BCUT2D eigenvalue weighted by molar-refractivity contribution is 5.02. The highest BCUT2D eigenvalue weighted by Gasteiger charge is 2.50. The van der Waals surface area contributed by atoms with Crippen LogP contribution in [0.5, 0.6) is 0 Å². The van der Waals surface area contributed by atoms with E-state index in [0.29, 0.717) is 0 Å². The molecular weight excluding hydrogens is 140 g/mol. The molecule has 0 aromatic rings. The Hall–Kier alpha value is -0.340. The van der Waals surface area contributed by atoms with Crippen LogP contribution in [0.15, 0.2) is 12.7 Å². The molecule has 0 aliphatic carbocycles. The molecule has 0 amide bonds. The fourth-order valence-electron chi connectivity index (χ4n) is 1.21. The third-order valence-corrected chi connectivity index (χ3v) is 1.96. The summed E-state index contributed by atoms with van der Waals surface area (Å²) in [5.74, 6) is 0. The number of aliphatic hydroxyl groups is 1. The summed E-state index contributed by atoms with van der Waals surface area (Å²) >= 11 is 0. The van der Waals surface area contributed by atoms with Crippen molar-refractivity contribution in [3.63, 3.8) is 0 Å². The smallest absolute Gasteiger partial charge is 0.114 e. The number of aliphatic hydroxyl groups excluding tert-OH is 1. The van der Waals surface area contributed by atoms with E-state index in [2.05, 4.69) is 27.4 Å². The minimum absolute atomic E-state index is 0.0208. The molecule has 3 atom stereocenters. The molecule has 1 aliphatic heterocycles. The Kier molecular flexibility index (Phi) is 2.08. The first kappa shape index (κ1) is 8.75. The van der Waals surface area contributed by atoms with Gasteiger partial charge < -0.3 is 9.84 Å². The number of hydrogen-bond acceptors (Lipinski definition) is 2. The topological polar surface area (TPSA) is 32.8 Å². The summed E-state index contributed by atoms with van der Waals surface area (Å²) in [6.45, 7) is 9.82. The molecule has 1 rings (SSSR count). The molecule has 1 saturated heterocycles. The van der Waals surface area contributed by atoms with Crippen LogP contribution in [0.2, 0.25) is 0 Å². The van der Waals surface area contributed by atoms with Crippen molar-refractivity contribution in [2.24, 2.45) is 5.41 Å². The third kappa shape index (κ3) is 1.82. The molecule has 0 aromatic heterocycles. The number of rotatable bonds is 2. The van der Waals surface area contributed by atoms with Gasteiger partial charge in [0, 0.05) is 0 Å². The third-order valence-electron chi connectivity index (χ3n) is 1.96. The van der Waals surface area contributed by atoms with E-state index < -0.39 is 6.10 Å². The monoisotopic (exact) mass is 156 g/mol. The molecule has 0 unspecified atom stereocenters. The minimum atomic E-state index is -0.501. The first-order chi connectivity index (χ1) is 4.96.